The van der Waals surface area contributed by atoms with Gasteiger partial charge in [0.05, 0.1) is 11.6 Å². The molecule has 2 fully saturated rings. The van der Waals surface area contributed by atoms with Gasteiger partial charge in [0, 0.05) is 19.0 Å². The third-order valence-electron chi connectivity index (χ3n) is 4.45. The molecule has 0 bridgehead atoms. The zero-order valence-corrected chi connectivity index (χ0v) is 13.1. The Balaban J connectivity index is 1.62. The Morgan fingerprint density at radius 3 is 2.81 bits per heavy atom. The van der Waals surface area contributed by atoms with E-state index in [-0.39, 0.29) is 17.7 Å². The number of aromatic nitrogens is 1. The molecule has 1 atom stereocenters. The van der Waals surface area contributed by atoms with E-state index in [1.807, 2.05) is 17.9 Å². The summed E-state index contributed by atoms with van der Waals surface area (Å²) < 4.78 is 4.17. The Hall–Kier alpha value is -1.43. The maximum atomic E-state index is 12.4. The molecule has 114 valence electrons. The van der Waals surface area contributed by atoms with E-state index in [1.165, 1.54) is 24.4 Å². The molecule has 1 aliphatic carbocycles. The lowest BCUT2D eigenvalue weighted by molar-refractivity contribution is -0.139. The first-order valence-electron chi connectivity index (χ1n) is 7.67. The number of anilines is 1. The number of piperidine rings is 1. The molecule has 1 saturated carbocycles. The van der Waals surface area contributed by atoms with Crippen molar-refractivity contribution in [3.8, 4) is 0 Å². The van der Waals surface area contributed by atoms with Crippen molar-refractivity contribution < 1.29 is 9.59 Å². The molecule has 1 aliphatic heterocycles. The van der Waals surface area contributed by atoms with Crippen LogP contribution in [0.1, 0.15) is 44.2 Å². The molecule has 21 heavy (non-hydrogen) atoms. The number of carbonyl (C=O) groups is 2. The van der Waals surface area contributed by atoms with Crippen LogP contribution in [0.3, 0.4) is 0 Å². The van der Waals surface area contributed by atoms with Crippen LogP contribution in [0.2, 0.25) is 0 Å². The molecule has 1 aromatic rings. The Morgan fingerprint density at radius 2 is 2.14 bits per heavy atom. The van der Waals surface area contributed by atoms with E-state index in [4.69, 9.17) is 0 Å². The van der Waals surface area contributed by atoms with E-state index in [2.05, 4.69) is 9.69 Å². The zero-order chi connectivity index (χ0) is 14.8. The minimum atomic E-state index is -0.0919. The van der Waals surface area contributed by atoms with Crippen LogP contribution < -0.4 is 5.32 Å². The summed E-state index contributed by atoms with van der Waals surface area (Å²) in [7, 11) is 0. The second kappa shape index (κ2) is 6.13. The van der Waals surface area contributed by atoms with Gasteiger partial charge in [0.25, 0.3) is 0 Å². The van der Waals surface area contributed by atoms with Crippen LogP contribution in [0.25, 0.3) is 0 Å². The molecule has 2 amide bonds. The second-order valence-electron chi connectivity index (χ2n) is 6.04. The molecular weight excluding hydrogens is 286 g/mol. The molecule has 1 aromatic heterocycles. The highest BCUT2D eigenvalue weighted by Gasteiger charge is 2.35. The number of carbonyl (C=O) groups excluding carboxylic acids is 2. The van der Waals surface area contributed by atoms with Gasteiger partial charge in [0.1, 0.15) is 5.00 Å². The smallest absolute Gasteiger partial charge is 0.229 e. The van der Waals surface area contributed by atoms with Gasteiger partial charge in [-0.1, -0.05) is 12.8 Å². The van der Waals surface area contributed by atoms with Crippen LogP contribution in [0.4, 0.5) is 5.00 Å². The largest absolute Gasteiger partial charge is 0.339 e. The molecule has 0 radical (unpaired) electrons. The van der Waals surface area contributed by atoms with Crippen LogP contribution in [0, 0.1) is 12.8 Å². The van der Waals surface area contributed by atoms with Crippen molar-refractivity contribution in [1.82, 2.24) is 9.27 Å². The molecule has 6 heteroatoms. The van der Waals surface area contributed by atoms with E-state index >= 15 is 0 Å². The fourth-order valence-electron chi connectivity index (χ4n) is 3.30. The normalized spacial score (nSPS) is 23.6. The monoisotopic (exact) mass is 307 g/mol. The molecule has 1 N–H and O–H groups in total. The van der Waals surface area contributed by atoms with Crippen LogP contribution >= 0.6 is 11.5 Å². The maximum Gasteiger partial charge on any atom is 0.229 e. The fourth-order valence-corrected chi connectivity index (χ4v) is 3.97. The van der Waals surface area contributed by atoms with Crippen molar-refractivity contribution in [1.29, 1.82) is 0 Å². The van der Waals surface area contributed by atoms with E-state index in [0.717, 1.165) is 23.5 Å². The highest BCUT2D eigenvalue weighted by molar-refractivity contribution is 7.10. The summed E-state index contributed by atoms with van der Waals surface area (Å²) in [5.41, 5.74) is 0.918. The predicted octanol–water partition coefficient (Wildman–Crippen LogP) is 2.57. The van der Waals surface area contributed by atoms with E-state index in [9.17, 15) is 9.59 Å². The van der Waals surface area contributed by atoms with Crippen molar-refractivity contribution >= 4 is 28.3 Å². The molecule has 0 aromatic carbocycles. The van der Waals surface area contributed by atoms with Crippen LogP contribution in [0.5, 0.6) is 0 Å². The molecule has 3 rings (SSSR count). The highest BCUT2D eigenvalue weighted by Crippen LogP contribution is 2.29. The van der Waals surface area contributed by atoms with Crippen LogP contribution in [-0.4, -0.2) is 33.7 Å². The minimum Gasteiger partial charge on any atom is -0.339 e. The highest BCUT2D eigenvalue weighted by atomic mass is 32.1. The molecular formula is C15H21N3O2S. The van der Waals surface area contributed by atoms with Gasteiger partial charge in [-0.15, -0.1) is 0 Å². The van der Waals surface area contributed by atoms with E-state index in [1.54, 1.807) is 0 Å². The number of nitrogens with zero attached hydrogens (tertiary/aromatic N) is 2. The van der Waals surface area contributed by atoms with Gasteiger partial charge in [0.15, 0.2) is 0 Å². The van der Waals surface area contributed by atoms with Crippen molar-refractivity contribution in [2.24, 2.45) is 5.92 Å². The lowest BCUT2D eigenvalue weighted by Crippen LogP contribution is -2.48. The molecule has 5 nitrogen and oxygen atoms in total. The van der Waals surface area contributed by atoms with E-state index in [0.29, 0.717) is 25.4 Å². The molecule has 1 saturated heterocycles. The molecule has 0 spiro atoms. The third-order valence-corrected chi connectivity index (χ3v) is 5.25. The summed E-state index contributed by atoms with van der Waals surface area (Å²) in [4.78, 5) is 26.4. The fraction of sp³-hybridized carbons (Fsp3) is 0.667. The molecule has 0 unspecified atom stereocenters. The summed E-state index contributed by atoms with van der Waals surface area (Å²) in [6.45, 7) is 2.49. The van der Waals surface area contributed by atoms with Gasteiger partial charge in [-0.05, 0) is 43.8 Å². The average molecular weight is 307 g/mol. The van der Waals surface area contributed by atoms with Gasteiger partial charge < -0.3 is 10.2 Å². The summed E-state index contributed by atoms with van der Waals surface area (Å²) in [6, 6.07) is 2.24. The topological polar surface area (TPSA) is 62.3 Å². The van der Waals surface area contributed by atoms with Gasteiger partial charge in [-0.2, -0.15) is 4.37 Å². The van der Waals surface area contributed by atoms with Crippen LogP contribution in [0.15, 0.2) is 6.07 Å². The predicted molar refractivity (Wildman–Crippen MR) is 82.2 cm³/mol. The SMILES string of the molecule is Cc1cc(NC(=O)[C@H]2CCC(=O)N(C3CCCC3)C2)sn1. The number of hydrogen-bond acceptors (Lipinski definition) is 4. The minimum absolute atomic E-state index is 0.0224. The first kappa shape index (κ1) is 14.5. The Bertz CT molecular complexity index is 537. The maximum absolute atomic E-state index is 12.4. The Morgan fingerprint density at radius 1 is 1.38 bits per heavy atom. The van der Waals surface area contributed by atoms with Crippen molar-refractivity contribution in [3.63, 3.8) is 0 Å². The summed E-state index contributed by atoms with van der Waals surface area (Å²) in [5, 5.41) is 3.73. The van der Waals surface area contributed by atoms with Gasteiger partial charge >= 0.3 is 0 Å². The zero-order valence-electron chi connectivity index (χ0n) is 12.3. The number of nitrogens with one attached hydrogen (secondary N) is 1. The standard InChI is InChI=1S/C15H21N3O2S/c1-10-8-13(21-17-10)16-15(20)11-6-7-14(19)18(9-11)12-4-2-3-5-12/h8,11-12H,2-7,9H2,1H3,(H,16,20)/t11-/m0/s1. The third kappa shape index (κ3) is 3.26. The molecule has 2 heterocycles. The van der Waals surface area contributed by atoms with Gasteiger partial charge in [-0.25, -0.2) is 0 Å². The Kier molecular flexibility index (Phi) is 4.24. The average Bonchev–Trinajstić information content (AvgIpc) is 3.11. The summed E-state index contributed by atoms with van der Waals surface area (Å²) in [5.74, 6) is 0.152. The summed E-state index contributed by atoms with van der Waals surface area (Å²) in [6.07, 6.45) is 5.74. The Labute approximate surface area is 128 Å². The number of rotatable bonds is 3. The lowest BCUT2D eigenvalue weighted by atomic mass is 9.95. The van der Waals surface area contributed by atoms with Gasteiger partial charge in [0.2, 0.25) is 11.8 Å². The van der Waals surface area contributed by atoms with Crippen molar-refractivity contribution in [2.45, 2.75) is 51.5 Å². The van der Waals surface area contributed by atoms with Crippen molar-refractivity contribution in [3.05, 3.63) is 11.8 Å². The summed E-state index contributed by atoms with van der Waals surface area (Å²) >= 11 is 1.31. The first-order valence-corrected chi connectivity index (χ1v) is 8.44. The number of amides is 2. The number of likely N-dealkylation sites (tertiary alicyclic amines) is 1. The quantitative estimate of drug-likeness (QED) is 0.933. The molecule has 2 aliphatic rings. The number of hydrogen-bond donors (Lipinski definition) is 1. The number of aryl methyl sites for hydroxylation is 1. The van der Waals surface area contributed by atoms with E-state index < -0.39 is 0 Å². The lowest BCUT2D eigenvalue weighted by Gasteiger charge is -2.36. The van der Waals surface area contributed by atoms with Crippen LogP contribution in [-0.2, 0) is 9.59 Å². The van der Waals surface area contributed by atoms with Crippen molar-refractivity contribution in [2.75, 3.05) is 11.9 Å². The first-order chi connectivity index (χ1) is 10.1. The second-order valence-corrected chi connectivity index (χ2v) is 6.85. The van der Waals surface area contributed by atoms with Gasteiger partial charge in [-0.3, -0.25) is 9.59 Å².